The van der Waals surface area contributed by atoms with Crippen LogP contribution in [0.4, 0.5) is 0 Å². The number of carbonyl (C=O) groups excluding carboxylic acids is 1. The first kappa shape index (κ1) is 14.4. The highest BCUT2D eigenvalue weighted by Crippen LogP contribution is 2.26. The molecule has 3 rings (SSSR count). The molecule has 0 bridgehead atoms. The number of carbonyl (C=O) groups is 1. The lowest BCUT2D eigenvalue weighted by Gasteiger charge is -2.08. The van der Waals surface area contributed by atoms with E-state index in [9.17, 15) is 4.79 Å². The van der Waals surface area contributed by atoms with Crippen LogP contribution in [0.1, 0.15) is 21.7 Å². The summed E-state index contributed by atoms with van der Waals surface area (Å²) in [5.41, 5.74) is 3.53. The Morgan fingerprint density at radius 1 is 1.18 bits per heavy atom. The summed E-state index contributed by atoms with van der Waals surface area (Å²) in [7, 11) is 0. The molecule has 3 aromatic rings. The summed E-state index contributed by atoms with van der Waals surface area (Å²) >= 11 is 1.61. The van der Waals surface area contributed by atoms with Gasteiger partial charge in [-0.15, -0.1) is 11.3 Å². The molecule has 0 aliphatic carbocycles. The number of hydrogen-bond acceptors (Lipinski definition) is 4. The second kappa shape index (κ2) is 6.49. The molecule has 110 valence electrons. The highest BCUT2D eigenvalue weighted by Gasteiger charge is 2.10. The first-order valence-corrected chi connectivity index (χ1v) is 7.81. The third-order valence-electron chi connectivity index (χ3n) is 3.20. The van der Waals surface area contributed by atoms with Crippen molar-refractivity contribution in [1.29, 1.82) is 0 Å². The Hall–Kier alpha value is -2.53. The van der Waals surface area contributed by atoms with E-state index in [0.717, 1.165) is 21.8 Å². The number of nitrogens with zero attached hydrogens (tertiary/aromatic N) is 2. The van der Waals surface area contributed by atoms with Crippen LogP contribution in [0.15, 0.2) is 54.0 Å². The van der Waals surface area contributed by atoms with Gasteiger partial charge in [0.1, 0.15) is 10.7 Å². The van der Waals surface area contributed by atoms with Crippen LogP contribution in [0.3, 0.4) is 0 Å². The van der Waals surface area contributed by atoms with Gasteiger partial charge in [-0.25, -0.2) is 4.98 Å². The summed E-state index contributed by atoms with van der Waals surface area (Å²) in [5, 5.41) is 5.91. The summed E-state index contributed by atoms with van der Waals surface area (Å²) in [6.45, 7) is 2.43. The first-order valence-electron chi connectivity index (χ1n) is 6.93. The molecule has 1 amide bonds. The maximum Gasteiger partial charge on any atom is 0.270 e. The molecule has 0 saturated carbocycles. The van der Waals surface area contributed by atoms with Gasteiger partial charge in [-0.1, -0.05) is 30.3 Å². The highest BCUT2D eigenvalue weighted by atomic mass is 32.1. The molecule has 0 aliphatic rings. The van der Waals surface area contributed by atoms with Gasteiger partial charge in [0.25, 0.3) is 5.91 Å². The molecule has 0 saturated heterocycles. The van der Waals surface area contributed by atoms with Gasteiger partial charge in [-0.2, -0.15) is 0 Å². The summed E-state index contributed by atoms with van der Waals surface area (Å²) in [6, 6.07) is 13.3. The van der Waals surface area contributed by atoms with Crippen molar-refractivity contribution < 1.29 is 4.79 Å². The molecule has 0 aliphatic heterocycles. The highest BCUT2D eigenvalue weighted by molar-refractivity contribution is 7.13. The smallest absolute Gasteiger partial charge is 0.270 e. The standard InChI is InChI=1S/C17H15N3OS/c1-12-11-22-17(20-12)14-7-3-2-6-13(14)10-19-16(21)15-8-4-5-9-18-15/h2-9,11H,10H2,1H3,(H,19,21). The first-order chi connectivity index (χ1) is 10.7. The number of pyridine rings is 1. The van der Waals surface area contributed by atoms with Crippen molar-refractivity contribution in [1.82, 2.24) is 15.3 Å². The topological polar surface area (TPSA) is 54.9 Å². The Morgan fingerprint density at radius 2 is 2.00 bits per heavy atom. The number of benzene rings is 1. The molecule has 4 nitrogen and oxygen atoms in total. The lowest BCUT2D eigenvalue weighted by Crippen LogP contribution is -2.23. The van der Waals surface area contributed by atoms with Crippen LogP contribution in [0, 0.1) is 6.92 Å². The summed E-state index contributed by atoms with van der Waals surface area (Å²) < 4.78 is 0. The van der Waals surface area contributed by atoms with E-state index < -0.39 is 0 Å². The van der Waals surface area contributed by atoms with Crippen molar-refractivity contribution in [2.75, 3.05) is 0 Å². The maximum absolute atomic E-state index is 12.1. The van der Waals surface area contributed by atoms with Crippen molar-refractivity contribution >= 4 is 17.2 Å². The van der Waals surface area contributed by atoms with Crippen LogP contribution < -0.4 is 5.32 Å². The summed E-state index contributed by atoms with van der Waals surface area (Å²) in [5.74, 6) is -0.175. The molecule has 0 unspecified atom stereocenters. The van der Waals surface area contributed by atoms with Gasteiger partial charge < -0.3 is 5.32 Å². The van der Waals surface area contributed by atoms with Gasteiger partial charge in [0.15, 0.2) is 0 Å². The van der Waals surface area contributed by atoms with Gasteiger partial charge in [-0.05, 0) is 24.6 Å². The maximum atomic E-state index is 12.1. The number of aryl methyl sites for hydroxylation is 1. The molecule has 1 aromatic carbocycles. The Morgan fingerprint density at radius 3 is 2.73 bits per heavy atom. The van der Waals surface area contributed by atoms with E-state index >= 15 is 0 Å². The molecule has 5 heteroatoms. The number of rotatable bonds is 4. The quantitative estimate of drug-likeness (QED) is 0.803. The Kier molecular flexibility index (Phi) is 4.25. The zero-order chi connectivity index (χ0) is 15.4. The van der Waals surface area contributed by atoms with Crippen LogP contribution in [0.25, 0.3) is 10.6 Å². The number of aromatic nitrogens is 2. The van der Waals surface area contributed by atoms with Gasteiger partial charge in [0.2, 0.25) is 0 Å². The largest absolute Gasteiger partial charge is 0.347 e. The lowest BCUT2D eigenvalue weighted by molar-refractivity contribution is 0.0946. The predicted molar refractivity (Wildman–Crippen MR) is 87.7 cm³/mol. The fourth-order valence-electron chi connectivity index (χ4n) is 2.12. The second-order valence-electron chi connectivity index (χ2n) is 4.85. The molecule has 2 heterocycles. The van der Waals surface area contributed by atoms with E-state index in [0.29, 0.717) is 12.2 Å². The zero-order valence-corrected chi connectivity index (χ0v) is 12.9. The fourth-order valence-corrected chi connectivity index (χ4v) is 2.98. The molecule has 2 aromatic heterocycles. The normalized spacial score (nSPS) is 10.4. The Bertz CT molecular complexity index is 783. The van der Waals surface area contributed by atoms with E-state index in [1.165, 1.54) is 0 Å². The average molecular weight is 309 g/mol. The minimum Gasteiger partial charge on any atom is -0.347 e. The molecular formula is C17H15N3OS. The van der Waals surface area contributed by atoms with E-state index in [1.807, 2.05) is 36.6 Å². The second-order valence-corrected chi connectivity index (χ2v) is 5.71. The monoisotopic (exact) mass is 309 g/mol. The number of nitrogens with one attached hydrogen (secondary N) is 1. The van der Waals surface area contributed by atoms with Crippen LogP contribution in [0.5, 0.6) is 0 Å². The SMILES string of the molecule is Cc1csc(-c2ccccc2CNC(=O)c2ccccn2)n1. The molecule has 1 N–H and O–H groups in total. The van der Waals surface area contributed by atoms with Crippen molar-refractivity contribution in [3.05, 3.63) is 71.0 Å². The third-order valence-corrected chi connectivity index (χ3v) is 4.20. The van der Waals surface area contributed by atoms with E-state index in [2.05, 4.69) is 15.3 Å². The summed E-state index contributed by atoms with van der Waals surface area (Å²) in [4.78, 5) is 20.7. The van der Waals surface area contributed by atoms with Gasteiger partial charge in [0.05, 0.1) is 0 Å². The van der Waals surface area contributed by atoms with Crippen LogP contribution >= 0.6 is 11.3 Å². The van der Waals surface area contributed by atoms with Crippen LogP contribution in [-0.4, -0.2) is 15.9 Å². The predicted octanol–water partition coefficient (Wildman–Crippen LogP) is 3.44. The van der Waals surface area contributed by atoms with Crippen LogP contribution in [-0.2, 0) is 6.54 Å². The minimum atomic E-state index is -0.175. The number of thiazole rings is 1. The van der Waals surface area contributed by atoms with Crippen molar-refractivity contribution in [2.45, 2.75) is 13.5 Å². The zero-order valence-electron chi connectivity index (χ0n) is 12.1. The van der Waals surface area contributed by atoms with Crippen LogP contribution in [0.2, 0.25) is 0 Å². The molecule has 22 heavy (non-hydrogen) atoms. The molecule has 0 spiro atoms. The molecule has 0 atom stereocenters. The summed E-state index contributed by atoms with van der Waals surface area (Å²) in [6.07, 6.45) is 1.61. The third kappa shape index (κ3) is 3.20. The minimum absolute atomic E-state index is 0.175. The molecular weight excluding hydrogens is 294 g/mol. The average Bonchev–Trinajstić information content (AvgIpc) is 3.00. The van der Waals surface area contributed by atoms with Gasteiger partial charge in [0, 0.05) is 29.4 Å². The Labute approximate surface area is 132 Å². The molecule has 0 radical (unpaired) electrons. The Balaban J connectivity index is 1.77. The molecule has 0 fully saturated rings. The fraction of sp³-hybridized carbons (Fsp3) is 0.118. The van der Waals surface area contributed by atoms with Crippen molar-refractivity contribution in [3.63, 3.8) is 0 Å². The van der Waals surface area contributed by atoms with Crippen molar-refractivity contribution in [2.24, 2.45) is 0 Å². The van der Waals surface area contributed by atoms with E-state index in [-0.39, 0.29) is 5.91 Å². The van der Waals surface area contributed by atoms with E-state index in [4.69, 9.17) is 0 Å². The number of amides is 1. The lowest BCUT2D eigenvalue weighted by atomic mass is 10.1. The number of hydrogen-bond donors (Lipinski definition) is 1. The van der Waals surface area contributed by atoms with Gasteiger partial charge >= 0.3 is 0 Å². The van der Waals surface area contributed by atoms with Crippen molar-refractivity contribution in [3.8, 4) is 10.6 Å². The van der Waals surface area contributed by atoms with Gasteiger partial charge in [-0.3, -0.25) is 9.78 Å². The van der Waals surface area contributed by atoms with E-state index in [1.54, 1.807) is 35.7 Å².